The van der Waals surface area contributed by atoms with Crippen LogP contribution >= 0.6 is 15.9 Å². The molecule has 0 aliphatic carbocycles. The van der Waals surface area contributed by atoms with Crippen molar-refractivity contribution < 1.29 is 10.2 Å². The molecule has 1 aliphatic heterocycles. The minimum Gasteiger partial charge on any atom is -0.508 e. The van der Waals surface area contributed by atoms with Crippen LogP contribution < -0.4 is 5.32 Å². The summed E-state index contributed by atoms with van der Waals surface area (Å²) in [5.41, 5.74) is 0.0256. The first-order chi connectivity index (χ1) is 7.12. The number of rotatable bonds is 1. The van der Waals surface area contributed by atoms with Crippen molar-refractivity contribution in [2.45, 2.75) is 18.4 Å². The Morgan fingerprint density at radius 3 is 2.80 bits per heavy atom. The van der Waals surface area contributed by atoms with E-state index in [2.05, 4.69) is 21.2 Å². The molecule has 1 aromatic carbocycles. The van der Waals surface area contributed by atoms with Gasteiger partial charge in [0.15, 0.2) is 0 Å². The number of β-amino-alcohol motifs (C(OH)–C–C–N with tert-alkyl or cyclic N) is 1. The molecule has 0 radical (unpaired) electrons. The van der Waals surface area contributed by atoms with Gasteiger partial charge in [-0.1, -0.05) is 22.0 Å². The third-order valence-electron chi connectivity index (χ3n) is 2.82. The van der Waals surface area contributed by atoms with Gasteiger partial charge in [0.05, 0.1) is 0 Å². The first-order valence-corrected chi connectivity index (χ1v) is 5.83. The number of hydrogen-bond donors (Lipinski definition) is 3. The van der Waals surface area contributed by atoms with E-state index in [1.165, 1.54) is 0 Å². The van der Waals surface area contributed by atoms with E-state index in [0.29, 0.717) is 6.54 Å². The van der Waals surface area contributed by atoms with E-state index >= 15 is 0 Å². The van der Waals surface area contributed by atoms with Crippen LogP contribution in [-0.4, -0.2) is 23.3 Å². The lowest BCUT2D eigenvalue weighted by Gasteiger charge is -2.33. The van der Waals surface area contributed by atoms with Gasteiger partial charge in [-0.3, -0.25) is 0 Å². The fourth-order valence-electron chi connectivity index (χ4n) is 2.00. The topological polar surface area (TPSA) is 52.5 Å². The number of hydrogen-bond acceptors (Lipinski definition) is 3. The maximum Gasteiger partial charge on any atom is 0.116 e. The number of nitrogens with one attached hydrogen (secondary N) is 1. The molecule has 3 nitrogen and oxygen atoms in total. The van der Waals surface area contributed by atoms with Gasteiger partial charge < -0.3 is 15.5 Å². The van der Waals surface area contributed by atoms with Crippen LogP contribution in [0, 0.1) is 0 Å². The van der Waals surface area contributed by atoms with E-state index in [9.17, 15) is 10.2 Å². The van der Waals surface area contributed by atoms with Gasteiger partial charge in [-0.05, 0) is 37.1 Å². The third kappa shape index (κ3) is 2.17. The Balaban J connectivity index is 2.35. The van der Waals surface area contributed by atoms with Gasteiger partial charge in [-0.2, -0.15) is 0 Å². The molecule has 1 saturated heterocycles. The average molecular weight is 272 g/mol. The molecule has 1 heterocycles. The van der Waals surface area contributed by atoms with Gasteiger partial charge in [-0.15, -0.1) is 0 Å². The number of aliphatic hydroxyl groups is 1. The molecule has 2 rings (SSSR count). The summed E-state index contributed by atoms with van der Waals surface area (Å²) < 4.78 is 0.758. The van der Waals surface area contributed by atoms with Crippen molar-refractivity contribution in [3.8, 4) is 5.75 Å². The summed E-state index contributed by atoms with van der Waals surface area (Å²) in [6.07, 6.45) is 1.72. The minimum atomic E-state index is -0.815. The molecule has 3 N–H and O–H groups in total. The Kier molecular flexibility index (Phi) is 3.00. The molecule has 0 saturated carbocycles. The molecule has 0 spiro atoms. The summed E-state index contributed by atoms with van der Waals surface area (Å²) in [6, 6.07) is 4.99. The van der Waals surface area contributed by atoms with Crippen molar-refractivity contribution >= 4 is 15.9 Å². The van der Waals surface area contributed by atoms with Crippen LogP contribution in [0.1, 0.15) is 18.4 Å². The zero-order valence-electron chi connectivity index (χ0n) is 8.33. The number of aromatic hydroxyl groups is 1. The summed E-state index contributed by atoms with van der Waals surface area (Å²) >= 11 is 3.37. The van der Waals surface area contributed by atoms with E-state index < -0.39 is 5.60 Å². The second kappa shape index (κ2) is 4.12. The van der Waals surface area contributed by atoms with Crippen molar-refractivity contribution in [1.82, 2.24) is 5.32 Å². The van der Waals surface area contributed by atoms with Gasteiger partial charge in [0.25, 0.3) is 0 Å². The molecule has 1 fully saturated rings. The Morgan fingerprint density at radius 1 is 1.40 bits per heavy atom. The molecule has 4 heteroatoms. The molecule has 15 heavy (non-hydrogen) atoms. The highest BCUT2D eigenvalue weighted by atomic mass is 79.9. The predicted octanol–water partition coefficient (Wildman–Crippen LogP) is 1.73. The van der Waals surface area contributed by atoms with Crippen LogP contribution in [0.2, 0.25) is 0 Å². The van der Waals surface area contributed by atoms with Gasteiger partial charge in [0.1, 0.15) is 11.4 Å². The summed E-state index contributed by atoms with van der Waals surface area (Å²) in [6.45, 7) is 1.52. The van der Waals surface area contributed by atoms with E-state index in [0.717, 1.165) is 29.4 Å². The molecular formula is C11H14BrNO2. The van der Waals surface area contributed by atoms with Gasteiger partial charge in [0, 0.05) is 11.0 Å². The number of phenolic OH excluding ortho intramolecular Hbond substituents is 1. The van der Waals surface area contributed by atoms with Crippen LogP contribution in [-0.2, 0) is 5.60 Å². The van der Waals surface area contributed by atoms with E-state index in [1.54, 1.807) is 18.2 Å². The van der Waals surface area contributed by atoms with Crippen LogP contribution in [0.3, 0.4) is 0 Å². The fraction of sp³-hybridized carbons (Fsp3) is 0.455. The van der Waals surface area contributed by atoms with Crippen molar-refractivity contribution in [2.24, 2.45) is 0 Å². The second-order valence-electron chi connectivity index (χ2n) is 3.98. The number of piperidine rings is 1. The normalized spacial score (nSPS) is 26.5. The molecule has 0 amide bonds. The van der Waals surface area contributed by atoms with E-state index in [-0.39, 0.29) is 5.75 Å². The van der Waals surface area contributed by atoms with Crippen LogP contribution in [0.25, 0.3) is 0 Å². The maximum absolute atomic E-state index is 10.4. The van der Waals surface area contributed by atoms with Crippen molar-refractivity contribution in [2.75, 3.05) is 13.1 Å². The minimum absolute atomic E-state index is 0.206. The zero-order valence-corrected chi connectivity index (χ0v) is 9.92. The summed E-state index contributed by atoms with van der Waals surface area (Å²) in [5, 5.41) is 22.9. The molecule has 0 bridgehead atoms. The quantitative estimate of drug-likeness (QED) is 0.729. The zero-order chi connectivity index (χ0) is 10.9. The Labute approximate surface area is 97.3 Å². The molecule has 1 unspecified atom stereocenters. The van der Waals surface area contributed by atoms with E-state index in [4.69, 9.17) is 0 Å². The first-order valence-electron chi connectivity index (χ1n) is 5.04. The Bertz CT molecular complexity index is 362. The monoisotopic (exact) mass is 271 g/mol. The molecule has 0 aromatic heterocycles. The first kappa shape index (κ1) is 10.9. The Morgan fingerprint density at radius 2 is 2.20 bits per heavy atom. The molecule has 1 atom stereocenters. The highest BCUT2D eigenvalue weighted by molar-refractivity contribution is 9.10. The lowest BCUT2D eigenvalue weighted by molar-refractivity contribution is 0.0116. The molecule has 1 aromatic rings. The summed E-state index contributed by atoms with van der Waals surface area (Å²) in [4.78, 5) is 0. The van der Waals surface area contributed by atoms with Gasteiger partial charge >= 0.3 is 0 Å². The van der Waals surface area contributed by atoms with Gasteiger partial charge in [-0.25, -0.2) is 0 Å². The predicted molar refractivity (Wildman–Crippen MR) is 61.8 cm³/mol. The Hall–Kier alpha value is -0.580. The van der Waals surface area contributed by atoms with Gasteiger partial charge in [0.2, 0.25) is 0 Å². The molecular weight excluding hydrogens is 258 g/mol. The van der Waals surface area contributed by atoms with Crippen LogP contribution in [0.5, 0.6) is 5.75 Å². The molecule has 1 aliphatic rings. The fourth-order valence-corrected chi connectivity index (χ4v) is 2.74. The highest BCUT2D eigenvalue weighted by Crippen LogP contribution is 2.35. The lowest BCUT2D eigenvalue weighted by Crippen LogP contribution is -2.43. The van der Waals surface area contributed by atoms with Crippen molar-refractivity contribution in [3.05, 3.63) is 28.2 Å². The lowest BCUT2D eigenvalue weighted by atomic mass is 9.87. The average Bonchev–Trinajstić information content (AvgIpc) is 2.18. The largest absolute Gasteiger partial charge is 0.508 e. The number of phenols is 1. The number of benzene rings is 1. The molecule has 82 valence electrons. The summed E-state index contributed by atoms with van der Waals surface area (Å²) in [7, 11) is 0. The van der Waals surface area contributed by atoms with Crippen LogP contribution in [0.4, 0.5) is 0 Å². The third-order valence-corrected chi connectivity index (χ3v) is 3.47. The van der Waals surface area contributed by atoms with Crippen molar-refractivity contribution in [1.29, 1.82) is 0 Å². The standard InChI is InChI=1S/C11H14BrNO2/c12-10-6-8(14)2-3-9(10)11(15)4-1-5-13-7-11/h2-3,6,13-15H,1,4-5,7H2. The summed E-state index contributed by atoms with van der Waals surface area (Å²) in [5.74, 6) is 0.206. The smallest absolute Gasteiger partial charge is 0.116 e. The number of halogens is 1. The maximum atomic E-state index is 10.4. The highest BCUT2D eigenvalue weighted by Gasteiger charge is 2.32. The van der Waals surface area contributed by atoms with Crippen LogP contribution in [0.15, 0.2) is 22.7 Å². The van der Waals surface area contributed by atoms with E-state index in [1.807, 2.05) is 0 Å². The SMILES string of the molecule is Oc1ccc(C2(O)CCCNC2)c(Br)c1. The second-order valence-corrected chi connectivity index (χ2v) is 4.83. The van der Waals surface area contributed by atoms with Crippen molar-refractivity contribution in [3.63, 3.8) is 0 Å².